The van der Waals surface area contributed by atoms with Crippen LogP contribution in [0.4, 0.5) is 4.39 Å². The number of aromatic nitrogens is 2. The van der Waals surface area contributed by atoms with Crippen LogP contribution in [0.2, 0.25) is 0 Å². The molecular weight excluding hydrogens is 1020 g/mol. The summed E-state index contributed by atoms with van der Waals surface area (Å²) >= 11 is 0. The molecule has 4 aliphatic rings. The lowest BCUT2D eigenvalue weighted by Gasteiger charge is -2.36. The molecule has 4 aromatic rings. The molecule has 0 bridgehead atoms. The summed E-state index contributed by atoms with van der Waals surface area (Å²) in [4.78, 5) is 137. The smallest absolute Gasteiger partial charge is 0.343 e. The van der Waals surface area contributed by atoms with Gasteiger partial charge in [0.2, 0.25) is 35.4 Å². The summed E-state index contributed by atoms with van der Waals surface area (Å²) in [5, 5.41) is 35.9. The van der Waals surface area contributed by atoms with Gasteiger partial charge in [-0.1, -0.05) is 43.3 Å². The number of ether oxygens (including phenoxy) is 2. The van der Waals surface area contributed by atoms with Crippen LogP contribution in [-0.4, -0.2) is 154 Å². The van der Waals surface area contributed by atoms with E-state index in [1.165, 1.54) is 39.5 Å². The Hall–Kier alpha value is -8.42. The van der Waals surface area contributed by atoms with Gasteiger partial charge in [0.1, 0.15) is 37.3 Å². The Morgan fingerprint density at radius 2 is 1.64 bits per heavy atom. The number of hydrogen-bond donors (Lipinski definition) is 8. The van der Waals surface area contributed by atoms with Gasteiger partial charge in [0.15, 0.2) is 5.60 Å². The zero-order valence-corrected chi connectivity index (χ0v) is 43.2. The number of nitrogens with one attached hydrogen (secondary N) is 6. The van der Waals surface area contributed by atoms with Crippen molar-refractivity contribution in [3.8, 4) is 11.4 Å². The van der Waals surface area contributed by atoms with Gasteiger partial charge >= 0.3 is 11.9 Å². The van der Waals surface area contributed by atoms with E-state index in [9.17, 15) is 53.1 Å². The van der Waals surface area contributed by atoms with Gasteiger partial charge in [-0.25, -0.2) is 14.2 Å². The minimum atomic E-state index is -2.07. The van der Waals surface area contributed by atoms with Crippen LogP contribution in [0.1, 0.15) is 71.7 Å². The Bertz CT molecular complexity index is 3220. The molecule has 8 N–H and O–H groups in total. The maximum atomic E-state index is 15.5. The number of carboxylic acid groups (broad SMARTS) is 1. The molecule has 0 spiro atoms. The SMILES string of the molecule is CC[C@@]1(O)C(=O)OCc2c1cc1n(c2=O)Cc2c-1nc1cc(F)c(C)c3c1c2[C@@H](N(C)C(=O)[C@H](C)OCNC(=O)CNC(=O)[C@H](Cc1ccccc1)NC(=O)CNC(=O)CNC(=O)[C@@H](CNCC(=O)O)N1CC=CC1=O)CC3. The van der Waals surface area contributed by atoms with Gasteiger partial charge in [-0.2, -0.15) is 0 Å². The van der Waals surface area contributed by atoms with Crippen molar-refractivity contribution in [3.63, 3.8) is 0 Å². The molecule has 1 aliphatic carbocycles. The second-order valence-electron chi connectivity index (χ2n) is 19.3. The highest BCUT2D eigenvalue weighted by molar-refractivity contribution is 5.97. The number of carboxylic acids is 1. The summed E-state index contributed by atoms with van der Waals surface area (Å²) < 4.78 is 28.0. The maximum absolute atomic E-state index is 15.5. The van der Waals surface area contributed by atoms with Crippen molar-refractivity contribution in [2.45, 2.75) is 89.4 Å². The molecule has 78 heavy (non-hydrogen) atoms. The van der Waals surface area contributed by atoms with Gasteiger partial charge in [0.05, 0.1) is 61.2 Å². The van der Waals surface area contributed by atoms with Crippen molar-refractivity contribution in [3.05, 3.63) is 110 Å². The van der Waals surface area contributed by atoms with Crippen LogP contribution in [0.5, 0.6) is 0 Å². The molecule has 25 heteroatoms. The Balaban J connectivity index is 0.861. The molecular formula is C53H59FN10O14. The number of pyridine rings is 2. The summed E-state index contributed by atoms with van der Waals surface area (Å²) in [6, 6.07) is 8.57. The van der Waals surface area contributed by atoms with Gasteiger partial charge in [-0.05, 0) is 61.4 Å². The minimum absolute atomic E-state index is 0.00717. The second-order valence-corrected chi connectivity index (χ2v) is 19.3. The molecule has 5 heterocycles. The van der Waals surface area contributed by atoms with Gasteiger partial charge in [0.25, 0.3) is 11.5 Å². The first-order chi connectivity index (χ1) is 37.2. The van der Waals surface area contributed by atoms with Crippen molar-refractivity contribution in [2.75, 3.05) is 53.0 Å². The van der Waals surface area contributed by atoms with Crippen LogP contribution < -0.4 is 37.5 Å². The fraction of sp³-hybridized carbons (Fsp3) is 0.415. The van der Waals surface area contributed by atoms with Crippen LogP contribution in [0.25, 0.3) is 22.3 Å². The van der Waals surface area contributed by atoms with Crippen LogP contribution >= 0.6 is 0 Å². The second kappa shape index (κ2) is 23.4. The number of fused-ring (bicyclic) bond motifs is 5. The third-order valence-electron chi connectivity index (χ3n) is 14.5. The number of aliphatic carboxylic acids is 1. The number of hydrogen-bond acceptors (Lipinski definition) is 15. The van der Waals surface area contributed by atoms with Gasteiger partial charge < -0.3 is 66.0 Å². The molecule has 5 atom stereocenters. The van der Waals surface area contributed by atoms with E-state index in [0.717, 1.165) is 5.56 Å². The van der Waals surface area contributed by atoms with Gasteiger partial charge in [-0.3, -0.25) is 43.2 Å². The molecule has 7 amide bonds. The number of nitrogens with zero attached hydrogens (tertiary/aromatic N) is 4. The fourth-order valence-electron chi connectivity index (χ4n) is 10.3. The van der Waals surface area contributed by atoms with E-state index < -0.39 is 127 Å². The van der Waals surface area contributed by atoms with E-state index in [0.29, 0.717) is 57.4 Å². The lowest BCUT2D eigenvalue weighted by Crippen LogP contribution is -2.55. The van der Waals surface area contributed by atoms with Crippen molar-refractivity contribution in [1.29, 1.82) is 0 Å². The average molecular weight is 1080 g/mol. The van der Waals surface area contributed by atoms with E-state index >= 15 is 4.39 Å². The van der Waals surface area contributed by atoms with Crippen molar-refractivity contribution < 1.29 is 67.2 Å². The third-order valence-corrected chi connectivity index (χ3v) is 14.5. The first-order valence-electron chi connectivity index (χ1n) is 25.2. The van der Waals surface area contributed by atoms with Gasteiger partial charge in [-0.15, -0.1) is 0 Å². The maximum Gasteiger partial charge on any atom is 0.343 e. The number of esters is 1. The quantitative estimate of drug-likeness (QED) is 0.0304. The summed E-state index contributed by atoms with van der Waals surface area (Å²) in [5.41, 5.74) is 1.80. The number of carbonyl (C=O) groups is 9. The van der Waals surface area contributed by atoms with Crippen molar-refractivity contribution in [2.24, 2.45) is 0 Å². The van der Waals surface area contributed by atoms with Crippen LogP contribution in [0.15, 0.2) is 59.4 Å². The van der Waals surface area contributed by atoms with Crippen LogP contribution in [0, 0.1) is 12.7 Å². The summed E-state index contributed by atoms with van der Waals surface area (Å²) in [6.45, 7) is 1.69. The van der Waals surface area contributed by atoms with E-state index in [1.54, 1.807) is 57.3 Å². The molecule has 3 aliphatic heterocycles. The van der Waals surface area contributed by atoms with Crippen LogP contribution in [-0.2, 0) is 84.2 Å². The van der Waals surface area contributed by atoms with Crippen molar-refractivity contribution in [1.82, 2.24) is 51.3 Å². The normalized spacial score (nSPS) is 17.9. The number of rotatable bonds is 22. The first-order valence-corrected chi connectivity index (χ1v) is 25.2. The zero-order valence-electron chi connectivity index (χ0n) is 43.2. The largest absolute Gasteiger partial charge is 0.480 e. The molecule has 0 saturated carbocycles. The molecule has 8 rings (SSSR count). The number of aryl methyl sites for hydroxylation is 1. The average Bonchev–Trinajstić information content (AvgIpc) is 4.16. The number of benzene rings is 2. The standard InChI is InChI=1S/C53H59FN10O14/c1-5-53(76)33-17-38-47-31(24-64(38)51(74)32(33)25-77-52(53)75)46-37(14-13-30-27(2)34(54)18-35(61-47)45(30)46)62(4)50(73)28(3)78-26-59-41(66)21-57-48(71)36(16-29-10-7-6-8-11-29)60-42(67)22-56-40(65)20-58-49(72)39(19-55-23-44(69)70)63-15-9-12-43(63)68/h6-12,17-18,28,36-37,39,55,76H,5,13-16,19-26H2,1-4H3,(H,56,65)(H,57,71)(H,58,72)(H,59,66)(H,60,67)(H,69,70)/t28-,36-,37-,39+,53-/m0/s1. The summed E-state index contributed by atoms with van der Waals surface area (Å²) in [6.07, 6.45) is 2.37. The monoisotopic (exact) mass is 1080 g/mol. The Morgan fingerprint density at radius 1 is 0.936 bits per heavy atom. The van der Waals surface area contributed by atoms with E-state index in [4.69, 9.17) is 19.6 Å². The predicted molar refractivity (Wildman–Crippen MR) is 273 cm³/mol. The van der Waals surface area contributed by atoms with Gasteiger partial charge in [0, 0.05) is 55.2 Å². The third kappa shape index (κ3) is 11.5. The molecule has 2 aromatic heterocycles. The topological polar surface area (TPSA) is 326 Å². The molecule has 0 saturated heterocycles. The summed E-state index contributed by atoms with van der Waals surface area (Å²) in [7, 11) is 1.60. The Kier molecular flexibility index (Phi) is 16.8. The molecule has 2 aromatic carbocycles. The highest BCUT2D eigenvalue weighted by atomic mass is 19.1. The Morgan fingerprint density at radius 3 is 2.33 bits per heavy atom. The van der Waals surface area contributed by atoms with Crippen LogP contribution in [0.3, 0.4) is 0 Å². The number of aliphatic hydroxyl groups is 1. The zero-order chi connectivity index (χ0) is 56.2. The number of likely N-dealkylation sites (N-methyl/N-ethyl adjacent to an activating group) is 1. The summed E-state index contributed by atoms with van der Waals surface area (Å²) in [5.74, 6) is -7.23. The minimum Gasteiger partial charge on any atom is -0.480 e. The molecule has 412 valence electrons. The lowest BCUT2D eigenvalue weighted by atomic mass is 9.81. The number of cyclic esters (lactones) is 1. The van der Waals surface area contributed by atoms with E-state index in [1.807, 2.05) is 0 Å². The fourth-order valence-corrected chi connectivity index (χ4v) is 10.3. The number of carbonyl (C=O) groups excluding carboxylic acids is 8. The van der Waals surface area contributed by atoms with E-state index in [2.05, 4.69) is 31.9 Å². The first kappa shape index (κ1) is 55.8. The predicted octanol–water partition coefficient (Wildman–Crippen LogP) is -1.03. The molecule has 0 unspecified atom stereocenters. The molecule has 0 fully saturated rings. The highest BCUT2D eigenvalue weighted by Crippen LogP contribution is 2.47. The highest BCUT2D eigenvalue weighted by Gasteiger charge is 2.46. The van der Waals surface area contributed by atoms with E-state index in [-0.39, 0.29) is 50.2 Å². The Labute approximate surface area is 445 Å². The molecule has 0 radical (unpaired) electrons. The lowest BCUT2D eigenvalue weighted by molar-refractivity contribution is -0.172. The van der Waals surface area contributed by atoms with Crippen molar-refractivity contribution >= 4 is 64.2 Å². The molecule has 24 nitrogen and oxygen atoms in total. The number of halogens is 1. The number of amides is 7.